The Kier molecular flexibility index (Phi) is 7.47. The summed E-state index contributed by atoms with van der Waals surface area (Å²) in [6.07, 6.45) is 0.419. The zero-order chi connectivity index (χ0) is 23.0. The van der Waals surface area contributed by atoms with Crippen LogP contribution in [0.5, 0.6) is 0 Å². The number of hydrogen-bond acceptors (Lipinski definition) is 4. The SMILES string of the molecule is O=C(CN1CCN(C(=O)CCC(=O)c2ccc3ccccc3c2)CC1)NCc1ccccc1. The molecule has 3 aromatic rings. The van der Waals surface area contributed by atoms with Crippen molar-refractivity contribution in [1.29, 1.82) is 0 Å². The fourth-order valence-electron chi connectivity index (χ4n) is 4.10. The van der Waals surface area contributed by atoms with Crippen LogP contribution < -0.4 is 5.32 Å². The Morgan fingerprint density at radius 3 is 2.21 bits per heavy atom. The summed E-state index contributed by atoms with van der Waals surface area (Å²) < 4.78 is 0. The average molecular weight is 444 g/mol. The van der Waals surface area contributed by atoms with Crippen molar-refractivity contribution in [1.82, 2.24) is 15.1 Å². The third-order valence-electron chi connectivity index (χ3n) is 6.06. The van der Waals surface area contributed by atoms with Crippen LogP contribution in [0.25, 0.3) is 10.8 Å². The minimum atomic E-state index is -0.0142. The van der Waals surface area contributed by atoms with Gasteiger partial charge < -0.3 is 10.2 Å². The van der Waals surface area contributed by atoms with Crippen LogP contribution in [0.15, 0.2) is 72.8 Å². The van der Waals surface area contributed by atoms with Gasteiger partial charge >= 0.3 is 0 Å². The van der Waals surface area contributed by atoms with Crippen LogP contribution >= 0.6 is 0 Å². The Morgan fingerprint density at radius 2 is 1.45 bits per heavy atom. The van der Waals surface area contributed by atoms with Crippen molar-refractivity contribution in [2.45, 2.75) is 19.4 Å². The Hall–Kier alpha value is -3.51. The predicted octanol–water partition coefficient (Wildman–Crippen LogP) is 3.26. The molecule has 1 aliphatic heterocycles. The lowest BCUT2D eigenvalue weighted by molar-refractivity contribution is -0.133. The van der Waals surface area contributed by atoms with E-state index < -0.39 is 0 Å². The molecular formula is C27H29N3O3. The van der Waals surface area contributed by atoms with Gasteiger partial charge in [0, 0.05) is 51.1 Å². The first-order chi connectivity index (χ1) is 16.1. The summed E-state index contributed by atoms with van der Waals surface area (Å²) in [5, 5.41) is 5.06. The molecule has 170 valence electrons. The van der Waals surface area contributed by atoms with Gasteiger partial charge in [0.1, 0.15) is 0 Å². The van der Waals surface area contributed by atoms with E-state index in [1.807, 2.05) is 72.8 Å². The van der Waals surface area contributed by atoms with Gasteiger partial charge in [-0.1, -0.05) is 66.7 Å². The maximum atomic E-state index is 12.6. The van der Waals surface area contributed by atoms with Crippen LogP contribution in [0.1, 0.15) is 28.8 Å². The third-order valence-corrected chi connectivity index (χ3v) is 6.06. The molecule has 1 fully saturated rings. The minimum Gasteiger partial charge on any atom is -0.351 e. The molecule has 0 aliphatic carbocycles. The predicted molar refractivity (Wildman–Crippen MR) is 129 cm³/mol. The van der Waals surface area contributed by atoms with Gasteiger partial charge in [-0.25, -0.2) is 0 Å². The first-order valence-electron chi connectivity index (χ1n) is 11.4. The highest BCUT2D eigenvalue weighted by molar-refractivity contribution is 6.01. The molecule has 0 saturated carbocycles. The molecule has 6 nitrogen and oxygen atoms in total. The number of Topliss-reactive ketones (excluding diaryl/α,β-unsaturated/α-hetero) is 1. The number of fused-ring (bicyclic) bond motifs is 1. The van der Waals surface area contributed by atoms with E-state index in [0.717, 1.165) is 16.3 Å². The Balaban J connectivity index is 1.18. The molecule has 0 radical (unpaired) electrons. The first-order valence-corrected chi connectivity index (χ1v) is 11.4. The second-order valence-electron chi connectivity index (χ2n) is 8.40. The van der Waals surface area contributed by atoms with Gasteiger partial charge in [0.25, 0.3) is 0 Å². The van der Waals surface area contributed by atoms with Crippen molar-refractivity contribution in [3.05, 3.63) is 83.9 Å². The number of rotatable bonds is 8. The highest BCUT2D eigenvalue weighted by Gasteiger charge is 2.23. The quantitative estimate of drug-likeness (QED) is 0.543. The molecule has 0 atom stereocenters. The van der Waals surface area contributed by atoms with Crippen molar-refractivity contribution in [2.24, 2.45) is 0 Å². The van der Waals surface area contributed by atoms with Gasteiger partial charge in [-0.15, -0.1) is 0 Å². The number of nitrogens with one attached hydrogen (secondary N) is 1. The van der Waals surface area contributed by atoms with Crippen LogP contribution in [0.4, 0.5) is 0 Å². The third kappa shape index (κ3) is 6.26. The number of benzene rings is 3. The molecule has 1 saturated heterocycles. The normalized spacial score (nSPS) is 14.2. The molecule has 0 aromatic heterocycles. The van der Waals surface area contributed by atoms with Crippen LogP contribution in [-0.4, -0.2) is 60.1 Å². The van der Waals surface area contributed by atoms with Crippen molar-refractivity contribution in [3.63, 3.8) is 0 Å². The lowest BCUT2D eigenvalue weighted by Gasteiger charge is -2.34. The van der Waals surface area contributed by atoms with Crippen LogP contribution in [0, 0.1) is 0 Å². The van der Waals surface area contributed by atoms with Gasteiger partial charge in [0.2, 0.25) is 11.8 Å². The van der Waals surface area contributed by atoms with Gasteiger partial charge in [-0.05, 0) is 22.4 Å². The summed E-state index contributed by atoms with van der Waals surface area (Å²) in [6, 6.07) is 23.4. The molecule has 0 bridgehead atoms. The summed E-state index contributed by atoms with van der Waals surface area (Å²) in [4.78, 5) is 41.3. The van der Waals surface area contributed by atoms with Crippen LogP contribution in [0.3, 0.4) is 0 Å². The lowest BCUT2D eigenvalue weighted by Crippen LogP contribution is -2.51. The number of carbonyl (C=O) groups excluding carboxylic acids is 3. The summed E-state index contributed by atoms with van der Waals surface area (Å²) in [6.45, 7) is 3.31. The smallest absolute Gasteiger partial charge is 0.234 e. The Labute approximate surface area is 194 Å². The standard InChI is InChI=1S/C27H29N3O3/c31-25(24-11-10-22-8-4-5-9-23(22)18-24)12-13-27(33)30-16-14-29(15-17-30)20-26(32)28-19-21-6-2-1-3-7-21/h1-11,18H,12-17,19-20H2,(H,28,32). The number of hydrogen-bond donors (Lipinski definition) is 1. The van der Waals surface area contributed by atoms with Crippen molar-refractivity contribution >= 4 is 28.4 Å². The molecular weight excluding hydrogens is 414 g/mol. The average Bonchev–Trinajstić information content (AvgIpc) is 2.86. The van der Waals surface area contributed by atoms with Gasteiger partial charge in [-0.3, -0.25) is 19.3 Å². The molecule has 1 heterocycles. The van der Waals surface area contributed by atoms with Crippen LogP contribution in [-0.2, 0) is 16.1 Å². The van der Waals surface area contributed by atoms with Crippen molar-refractivity contribution in [2.75, 3.05) is 32.7 Å². The number of amides is 2. The Bertz CT molecular complexity index is 1120. The van der Waals surface area contributed by atoms with Crippen LogP contribution in [0.2, 0.25) is 0 Å². The topological polar surface area (TPSA) is 69.7 Å². The maximum absolute atomic E-state index is 12.6. The monoisotopic (exact) mass is 443 g/mol. The molecule has 0 spiro atoms. The molecule has 2 amide bonds. The highest BCUT2D eigenvalue weighted by Crippen LogP contribution is 2.17. The number of piperazine rings is 1. The molecule has 1 aliphatic rings. The zero-order valence-electron chi connectivity index (χ0n) is 18.7. The van der Waals surface area contributed by atoms with E-state index in [-0.39, 0.29) is 30.4 Å². The molecule has 4 rings (SSSR count). The van der Waals surface area contributed by atoms with Gasteiger partial charge in [0.05, 0.1) is 6.54 Å². The summed E-state index contributed by atoms with van der Waals surface area (Å²) >= 11 is 0. The molecule has 1 N–H and O–H groups in total. The molecule has 0 unspecified atom stereocenters. The maximum Gasteiger partial charge on any atom is 0.234 e. The zero-order valence-corrected chi connectivity index (χ0v) is 18.7. The van der Waals surface area contributed by atoms with E-state index >= 15 is 0 Å². The number of carbonyl (C=O) groups is 3. The summed E-state index contributed by atoms with van der Waals surface area (Å²) in [5.41, 5.74) is 1.72. The van der Waals surface area contributed by atoms with E-state index in [1.54, 1.807) is 4.90 Å². The number of ketones is 1. The Morgan fingerprint density at radius 1 is 0.758 bits per heavy atom. The molecule has 6 heteroatoms. The van der Waals surface area contributed by atoms with E-state index in [1.165, 1.54) is 0 Å². The fourth-order valence-corrected chi connectivity index (χ4v) is 4.10. The van der Waals surface area contributed by atoms with Gasteiger partial charge in [-0.2, -0.15) is 0 Å². The number of nitrogens with zero attached hydrogens (tertiary/aromatic N) is 2. The second kappa shape index (κ2) is 10.9. The fraction of sp³-hybridized carbons (Fsp3) is 0.296. The van der Waals surface area contributed by atoms with Crippen molar-refractivity contribution in [3.8, 4) is 0 Å². The highest BCUT2D eigenvalue weighted by atomic mass is 16.2. The van der Waals surface area contributed by atoms with E-state index in [9.17, 15) is 14.4 Å². The van der Waals surface area contributed by atoms with E-state index in [4.69, 9.17) is 0 Å². The first kappa shape index (κ1) is 22.7. The van der Waals surface area contributed by atoms with Gasteiger partial charge in [0.15, 0.2) is 5.78 Å². The largest absolute Gasteiger partial charge is 0.351 e. The molecule has 3 aromatic carbocycles. The van der Waals surface area contributed by atoms with E-state index in [0.29, 0.717) is 44.8 Å². The molecule has 33 heavy (non-hydrogen) atoms. The minimum absolute atomic E-state index is 0.00248. The summed E-state index contributed by atoms with van der Waals surface area (Å²) in [5.74, 6) is -0.0280. The second-order valence-corrected chi connectivity index (χ2v) is 8.40. The van der Waals surface area contributed by atoms with E-state index in [2.05, 4.69) is 10.2 Å². The van der Waals surface area contributed by atoms with Crippen molar-refractivity contribution < 1.29 is 14.4 Å². The lowest BCUT2D eigenvalue weighted by atomic mass is 10.0. The summed E-state index contributed by atoms with van der Waals surface area (Å²) in [7, 11) is 0.